The van der Waals surface area contributed by atoms with Gasteiger partial charge < -0.3 is 10.2 Å². The minimum absolute atomic E-state index is 0.0277. The van der Waals surface area contributed by atoms with Crippen molar-refractivity contribution in [3.63, 3.8) is 0 Å². The predicted octanol–water partition coefficient (Wildman–Crippen LogP) is 3.80. The van der Waals surface area contributed by atoms with Gasteiger partial charge in [-0.15, -0.1) is 0 Å². The molecule has 0 saturated carbocycles. The Morgan fingerprint density at radius 3 is 1.86 bits per heavy atom. The van der Waals surface area contributed by atoms with E-state index in [1.54, 1.807) is 0 Å². The molecule has 2 N–H and O–H groups in total. The van der Waals surface area contributed by atoms with Gasteiger partial charge in [-0.1, -0.05) is 36.4 Å². The summed E-state index contributed by atoms with van der Waals surface area (Å²) in [6, 6.07) is 15.1. The smallest absolute Gasteiger partial charge is 0.335 e. The number of benzene rings is 2. The summed E-state index contributed by atoms with van der Waals surface area (Å²) in [4.78, 5) is 34.7. The Labute approximate surface area is 164 Å². The summed E-state index contributed by atoms with van der Waals surface area (Å²) >= 11 is 0. The van der Waals surface area contributed by atoms with Gasteiger partial charge in [0, 0.05) is 32.0 Å². The number of piperidine rings is 1. The number of nitrogens with zero attached hydrogens (tertiary/aromatic N) is 1. The average Bonchev–Trinajstić information content (AvgIpc) is 2.69. The lowest BCUT2D eigenvalue weighted by molar-refractivity contribution is -0.121. The Bertz CT molecular complexity index is 805. The van der Waals surface area contributed by atoms with Crippen molar-refractivity contribution in [3.05, 3.63) is 70.8 Å². The molecule has 1 saturated heterocycles. The average molecular weight is 383 g/mol. The standard InChI is InChI=1S/C13H17NO.C9H8O4/c1-11(12-5-3-2-4-6-12)14-9-7-13(15)8-10-14;1-5-6(8(10)11)3-2-4-7(5)9(12)13/h2-6,11H,7-10H2,1H3;2-4H,1H3,(H,10,11)(H,12,13). The van der Waals surface area contributed by atoms with E-state index in [1.807, 2.05) is 6.07 Å². The number of carbonyl (C=O) groups is 3. The van der Waals surface area contributed by atoms with E-state index in [-0.39, 0.29) is 16.7 Å². The minimum atomic E-state index is -1.11. The number of ketones is 1. The number of rotatable bonds is 4. The second kappa shape index (κ2) is 9.80. The highest BCUT2D eigenvalue weighted by molar-refractivity contribution is 5.96. The van der Waals surface area contributed by atoms with Crippen LogP contribution in [0.4, 0.5) is 0 Å². The van der Waals surface area contributed by atoms with E-state index in [2.05, 4.69) is 36.1 Å². The molecule has 2 aromatic carbocycles. The van der Waals surface area contributed by atoms with E-state index in [9.17, 15) is 14.4 Å². The van der Waals surface area contributed by atoms with E-state index in [0.717, 1.165) is 25.9 Å². The van der Waals surface area contributed by atoms with E-state index >= 15 is 0 Å². The van der Waals surface area contributed by atoms with Crippen molar-refractivity contribution in [1.82, 2.24) is 4.90 Å². The number of carboxylic acid groups (broad SMARTS) is 2. The van der Waals surface area contributed by atoms with Gasteiger partial charge >= 0.3 is 11.9 Å². The van der Waals surface area contributed by atoms with Crippen LogP contribution in [0.25, 0.3) is 0 Å². The van der Waals surface area contributed by atoms with Crippen LogP contribution in [0.15, 0.2) is 48.5 Å². The number of likely N-dealkylation sites (tertiary alicyclic amines) is 1. The highest BCUT2D eigenvalue weighted by Crippen LogP contribution is 2.22. The number of carboxylic acids is 2. The molecule has 0 spiro atoms. The van der Waals surface area contributed by atoms with Crippen molar-refractivity contribution in [3.8, 4) is 0 Å². The van der Waals surface area contributed by atoms with Gasteiger partial charge in [0.05, 0.1) is 11.1 Å². The van der Waals surface area contributed by atoms with E-state index in [4.69, 9.17) is 10.2 Å². The van der Waals surface area contributed by atoms with Crippen LogP contribution < -0.4 is 0 Å². The fourth-order valence-corrected chi connectivity index (χ4v) is 3.20. The van der Waals surface area contributed by atoms with Crippen LogP contribution in [-0.4, -0.2) is 45.9 Å². The lowest BCUT2D eigenvalue weighted by Crippen LogP contribution is -2.35. The number of Topliss-reactive ketones (excluding diaryl/α,β-unsaturated/α-hetero) is 1. The maximum absolute atomic E-state index is 11.1. The first kappa shape index (κ1) is 21.3. The molecule has 2 aromatic rings. The predicted molar refractivity (Wildman–Crippen MR) is 106 cm³/mol. The minimum Gasteiger partial charge on any atom is -0.478 e. The van der Waals surface area contributed by atoms with Crippen molar-refractivity contribution in [2.75, 3.05) is 13.1 Å². The molecule has 1 atom stereocenters. The summed E-state index contributed by atoms with van der Waals surface area (Å²) in [5.41, 5.74) is 1.68. The topological polar surface area (TPSA) is 94.9 Å². The van der Waals surface area contributed by atoms with Crippen LogP contribution in [0.1, 0.15) is 57.7 Å². The summed E-state index contributed by atoms with van der Waals surface area (Å²) < 4.78 is 0. The Morgan fingerprint density at radius 1 is 0.893 bits per heavy atom. The van der Waals surface area contributed by atoms with Crippen LogP contribution in [0.2, 0.25) is 0 Å². The summed E-state index contributed by atoms with van der Waals surface area (Å²) in [5.74, 6) is -1.81. The van der Waals surface area contributed by atoms with E-state index in [0.29, 0.717) is 11.8 Å². The molecule has 3 rings (SSSR count). The van der Waals surface area contributed by atoms with Gasteiger partial charge in [0.25, 0.3) is 0 Å². The SMILES string of the molecule is CC(c1ccccc1)N1CCC(=O)CC1.Cc1c(C(=O)O)cccc1C(=O)O. The first-order valence-electron chi connectivity index (χ1n) is 9.18. The lowest BCUT2D eigenvalue weighted by atomic mass is 10.0. The van der Waals surface area contributed by atoms with Gasteiger partial charge in [0.15, 0.2) is 0 Å². The maximum atomic E-state index is 11.1. The molecule has 0 amide bonds. The normalized spacial score (nSPS) is 15.3. The molecule has 0 radical (unpaired) electrons. The molecule has 1 heterocycles. The maximum Gasteiger partial charge on any atom is 0.335 e. The van der Waals surface area contributed by atoms with Crippen LogP contribution >= 0.6 is 0 Å². The number of hydrogen-bond donors (Lipinski definition) is 2. The molecule has 6 nitrogen and oxygen atoms in total. The zero-order valence-corrected chi connectivity index (χ0v) is 16.1. The van der Waals surface area contributed by atoms with Crippen LogP contribution in [-0.2, 0) is 4.79 Å². The van der Waals surface area contributed by atoms with Crippen molar-refractivity contribution in [1.29, 1.82) is 0 Å². The summed E-state index contributed by atoms with van der Waals surface area (Å²) in [6.07, 6.45) is 1.44. The summed E-state index contributed by atoms with van der Waals surface area (Å²) in [5, 5.41) is 17.4. The van der Waals surface area contributed by atoms with E-state index < -0.39 is 11.9 Å². The fourth-order valence-electron chi connectivity index (χ4n) is 3.20. The van der Waals surface area contributed by atoms with Crippen LogP contribution in [0.3, 0.4) is 0 Å². The van der Waals surface area contributed by atoms with Crippen molar-refractivity contribution in [2.45, 2.75) is 32.7 Å². The second-order valence-corrected chi connectivity index (χ2v) is 6.75. The third-order valence-corrected chi connectivity index (χ3v) is 4.98. The Morgan fingerprint density at radius 2 is 1.39 bits per heavy atom. The highest BCUT2D eigenvalue weighted by atomic mass is 16.4. The molecule has 6 heteroatoms. The second-order valence-electron chi connectivity index (χ2n) is 6.75. The molecular weight excluding hydrogens is 358 g/mol. The van der Waals surface area contributed by atoms with Crippen molar-refractivity contribution < 1.29 is 24.6 Å². The monoisotopic (exact) mass is 383 g/mol. The molecule has 1 aliphatic rings. The number of aromatic carboxylic acids is 2. The highest BCUT2D eigenvalue weighted by Gasteiger charge is 2.21. The molecular formula is C22H25NO5. The summed E-state index contributed by atoms with van der Waals surface area (Å²) in [6.45, 7) is 5.52. The Kier molecular flexibility index (Phi) is 7.46. The van der Waals surface area contributed by atoms with Crippen LogP contribution in [0, 0.1) is 6.92 Å². The van der Waals surface area contributed by atoms with Crippen molar-refractivity contribution >= 4 is 17.7 Å². The molecule has 0 aromatic heterocycles. The molecule has 28 heavy (non-hydrogen) atoms. The molecule has 0 aliphatic carbocycles. The van der Waals surface area contributed by atoms with Gasteiger partial charge in [-0.25, -0.2) is 9.59 Å². The van der Waals surface area contributed by atoms with Gasteiger partial charge in [-0.2, -0.15) is 0 Å². The Hall–Kier alpha value is -2.99. The van der Waals surface area contributed by atoms with Crippen molar-refractivity contribution in [2.24, 2.45) is 0 Å². The summed E-state index contributed by atoms with van der Waals surface area (Å²) in [7, 11) is 0. The van der Waals surface area contributed by atoms with E-state index in [1.165, 1.54) is 30.7 Å². The Balaban J connectivity index is 0.000000203. The van der Waals surface area contributed by atoms with Gasteiger partial charge in [-0.3, -0.25) is 9.69 Å². The quantitative estimate of drug-likeness (QED) is 0.834. The largest absolute Gasteiger partial charge is 0.478 e. The molecule has 1 unspecified atom stereocenters. The van der Waals surface area contributed by atoms with Gasteiger partial charge in [0.2, 0.25) is 0 Å². The molecule has 1 aliphatic heterocycles. The molecule has 148 valence electrons. The number of carbonyl (C=O) groups excluding carboxylic acids is 1. The number of hydrogen-bond acceptors (Lipinski definition) is 4. The van der Waals surface area contributed by atoms with Crippen LogP contribution in [0.5, 0.6) is 0 Å². The molecule has 0 bridgehead atoms. The third kappa shape index (κ3) is 5.50. The van der Waals surface area contributed by atoms with Gasteiger partial charge in [-0.05, 0) is 37.1 Å². The van der Waals surface area contributed by atoms with Gasteiger partial charge in [0.1, 0.15) is 5.78 Å². The lowest BCUT2D eigenvalue weighted by Gasteiger charge is -2.32. The molecule has 1 fully saturated rings. The first-order valence-corrected chi connectivity index (χ1v) is 9.18. The first-order chi connectivity index (χ1) is 13.3. The fraction of sp³-hybridized carbons (Fsp3) is 0.318. The zero-order valence-electron chi connectivity index (χ0n) is 16.1. The third-order valence-electron chi connectivity index (χ3n) is 4.98. The zero-order chi connectivity index (χ0) is 20.7.